The van der Waals surface area contributed by atoms with E-state index in [0.29, 0.717) is 16.4 Å². The Hall–Kier alpha value is -1.83. The van der Waals surface area contributed by atoms with Gasteiger partial charge >= 0.3 is 5.97 Å². The molecule has 0 N–H and O–H groups in total. The zero-order valence-corrected chi connectivity index (χ0v) is 29.0. The summed E-state index contributed by atoms with van der Waals surface area (Å²) in [6.07, 6.45) is 3.37. The Morgan fingerprint density at radius 3 is 2.25 bits per heavy atom. The Balaban J connectivity index is 2.28. The first kappa shape index (κ1) is 32.7. The van der Waals surface area contributed by atoms with Gasteiger partial charge < -0.3 is 18.3 Å². The summed E-state index contributed by atoms with van der Waals surface area (Å²) in [5, 5.41) is 15.8. The minimum absolute atomic E-state index is 0.0420. The van der Waals surface area contributed by atoms with Crippen LogP contribution in [0, 0.1) is 16.7 Å². The molecule has 1 unspecified atom stereocenters. The molecule has 1 saturated heterocycles. The van der Waals surface area contributed by atoms with Crippen LogP contribution in [-0.4, -0.2) is 67.3 Å². The van der Waals surface area contributed by atoms with Gasteiger partial charge in [0.25, 0.3) is 5.79 Å². The van der Waals surface area contributed by atoms with E-state index >= 15 is 0 Å². The van der Waals surface area contributed by atoms with Crippen LogP contribution in [0.25, 0.3) is 5.65 Å². The highest BCUT2D eigenvalue weighted by Crippen LogP contribution is 2.56. The first-order valence-corrected chi connectivity index (χ1v) is 20.6. The van der Waals surface area contributed by atoms with E-state index in [0.717, 1.165) is 0 Å². The van der Waals surface area contributed by atoms with Crippen LogP contribution in [-0.2, 0) is 28.9 Å². The molecule has 10 nitrogen and oxygen atoms in total. The molecular formula is C27H45N5O5SSi2. The predicted molar refractivity (Wildman–Crippen MR) is 160 cm³/mol. The smallest absolute Gasteiger partial charge is 0.305 e. The average molecular weight is 608 g/mol. The van der Waals surface area contributed by atoms with E-state index in [4.69, 9.17) is 18.3 Å². The maximum Gasteiger partial charge on any atom is 0.305 e. The summed E-state index contributed by atoms with van der Waals surface area (Å²) in [6.45, 7) is 24.8. The third-order valence-electron chi connectivity index (χ3n) is 8.87. The number of carbonyl (C=O) groups is 1. The Morgan fingerprint density at radius 1 is 1.15 bits per heavy atom. The molecule has 0 saturated carbocycles. The maximum absolute atomic E-state index is 12.7. The largest absolute Gasteiger partial charge is 0.425 e. The van der Waals surface area contributed by atoms with Gasteiger partial charge in [0.05, 0.1) is 25.0 Å². The summed E-state index contributed by atoms with van der Waals surface area (Å²) in [5.74, 6) is -2.47. The van der Waals surface area contributed by atoms with Gasteiger partial charge in [-0.15, -0.1) is 11.8 Å². The molecule has 40 heavy (non-hydrogen) atoms. The highest BCUT2D eigenvalue weighted by molar-refractivity contribution is 7.98. The summed E-state index contributed by atoms with van der Waals surface area (Å²) in [7, 11) is -4.66. The van der Waals surface area contributed by atoms with Crippen molar-refractivity contribution in [2.75, 3.05) is 12.9 Å². The van der Waals surface area contributed by atoms with Crippen LogP contribution in [0.1, 0.15) is 61.1 Å². The first-order valence-electron chi connectivity index (χ1n) is 13.5. The molecule has 0 radical (unpaired) electrons. The lowest BCUT2D eigenvalue weighted by atomic mass is 9.76. The second-order valence-corrected chi connectivity index (χ2v) is 24.1. The van der Waals surface area contributed by atoms with Gasteiger partial charge in [0, 0.05) is 6.92 Å². The van der Waals surface area contributed by atoms with E-state index in [1.54, 1.807) is 13.1 Å². The van der Waals surface area contributed by atoms with Crippen molar-refractivity contribution < 1.29 is 23.1 Å². The molecule has 2 aromatic rings. The number of carbonyl (C=O) groups excluding carboxylic acids is 1. The number of hydrogen-bond donors (Lipinski definition) is 0. The molecule has 3 heterocycles. The zero-order chi connectivity index (χ0) is 30.5. The van der Waals surface area contributed by atoms with Crippen LogP contribution < -0.4 is 0 Å². The van der Waals surface area contributed by atoms with E-state index in [9.17, 15) is 10.1 Å². The van der Waals surface area contributed by atoms with E-state index in [-0.39, 0.29) is 16.7 Å². The van der Waals surface area contributed by atoms with Crippen molar-refractivity contribution in [1.29, 1.82) is 5.26 Å². The van der Waals surface area contributed by atoms with Crippen molar-refractivity contribution in [3.63, 3.8) is 0 Å². The lowest BCUT2D eigenvalue weighted by Gasteiger charge is -2.43. The lowest BCUT2D eigenvalue weighted by Crippen LogP contribution is -2.54. The first-order chi connectivity index (χ1) is 18.2. The quantitative estimate of drug-likeness (QED) is 0.204. The molecule has 0 aliphatic carbocycles. The number of fused-ring (bicyclic) bond motifs is 1. The molecule has 3 rings (SSSR count). The number of nitriles is 1. The van der Waals surface area contributed by atoms with Crippen LogP contribution in [0.3, 0.4) is 0 Å². The Kier molecular flexibility index (Phi) is 8.81. The molecule has 222 valence electrons. The van der Waals surface area contributed by atoms with Crippen LogP contribution >= 0.6 is 11.8 Å². The number of thioether (sulfide) groups is 1. The number of ether oxygens (including phenoxy) is 2. The molecule has 1 aliphatic heterocycles. The summed E-state index contributed by atoms with van der Waals surface area (Å²) < 4.78 is 28.0. The Bertz CT molecular complexity index is 1300. The van der Waals surface area contributed by atoms with Crippen LogP contribution in [0.2, 0.25) is 36.3 Å². The molecule has 4 atom stereocenters. The van der Waals surface area contributed by atoms with Crippen molar-refractivity contribution in [2.45, 2.75) is 115 Å². The van der Waals surface area contributed by atoms with Crippen molar-refractivity contribution in [3.05, 3.63) is 18.2 Å². The lowest BCUT2D eigenvalue weighted by molar-refractivity contribution is -0.259. The topological polar surface area (TPSA) is 121 Å². The van der Waals surface area contributed by atoms with Crippen molar-refractivity contribution in [1.82, 2.24) is 19.6 Å². The highest BCUT2D eigenvalue weighted by Gasteiger charge is 2.70. The molecule has 0 spiro atoms. The third-order valence-corrected chi connectivity index (χ3v) is 18.5. The second-order valence-electron chi connectivity index (χ2n) is 13.7. The molecule has 0 amide bonds. The highest BCUT2D eigenvalue weighted by atomic mass is 32.2. The molecule has 13 heteroatoms. The third kappa shape index (κ3) is 5.50. The SMILES string of the molecule is CSc1ncnn2c(C3(OC(C)=O)O[C@H](CO[Si](C)(C)C(C)(C)C)[C@@H](O[Si](C)(C)C(C)(C)C)[C@@]3(C)C#N)cnc12. The number of nitrogens with zero attached hydrogens (tertiary/aromatic N) is 5. The van der Waals surface area contributed by atoms with E-state index in [1.165, 1.54) is 29.5 Å². The maximum atomic E-state index is 12.7. The standard InChI is InChI=1S/C27H45N5O5SSi2/c1-18(33)35-27(20-14-29-22-23(38-9)30-17-31-32(20)22)26(8,16-28)21(37-40(12,13)25(5,6)7)19(36-27)15-34-39(10,11)24(2,3)4/h14,17,19,21H,15H2,1-13H3/t19-,21-,26-,27?/m1/s1. The fourth-order valence-electron chi connectivity index (χ4n) is 4.29. The number of esters is 1. The van der Waals surface area contributed by atoms with Gasteiger partial charge in [-0.2, -0.15) is 10.4 Å². The summed E-state index contributed by atoms with van der Waals surface area (Å²) >= 11 is 1.41. The van der Waals surface area contributed by atoms with E-state index < -0.39 is 46.0 Å². The van der Waals surface area contributed by atoms with E-state index in [1.807, 2.05) is 6.26 Å². The summed E-state index contributed by atoms with van der Waals surface area (Å²) in [6, 6.07) is 2.46. The Morgan fingerprint density at radius 2 is 1.75 bits per heavy atom. The predicted octanol–water partition coefficient (Wildman–Crippen LogP) is 5.90. The molecule has 1 fully saturated rings. The monoisotopic (exact) mass is 607 g/mol. The van der Waals surface area contributed by atoms with Crippen molar-refractivity contribution in [3.8, 4) is 6.07 Å². The molecule has 1 aliphatic rings. The molecule has 2 aromatic heterocycles. The normalized spacial score (nSPS) is 26.2. The van der Waals surface area contributed by atoms with Gasteiger partial charge in [-0.1, -0.05) is 41.5 Å². The number of aromatic nitrogens is 4. The molecule has 0 aromatic carbocycles. The minimum Gasteiger partial charge on any atom is -0.425 e. The van der Waals surface area contributed by atoms with Gasteiger partial charge in [-0.05, 0) is 49.4 Å². The van der Waals surface area contributed by atoms with Gasteiger partial charge in [0.15, 0.2) is 27.7 Å². The fourth-order valence-corrected chi connectivity index (χ4v) is 7.15. The van der Waals surface area contributed by atoms with Crippen LogP contribution in [0.5, 0.6) is 0 Å². The molecular weight excluding hydrogens is 563 g/mol. The van der Waals surface area contributed by atoms with Crippen molar-refractivity contribution >= 4 is 40.0 Å². The van der Waals surface area contributed by atoms with E-state index in [2.05, 4.69) is 88.9 Å². The zero-order valence-electron chi connectivity index (χ0n) is 26.2. The minimum atomic E-state index is -2.45. The fraction of sp³-hybridized carbons (Fsp3) is 0.741. The van der Waals surface area contributed by atoms with Crippen LogP contribution in [0.4, 0.5) is 0 Å². The van der Waals surface area contributed by atoms with Gasteiger partial charge in [-0.3, -0.25) is 4.79 Å². The second kappa shape index (κ2) is 10.8. The number of rotatable bonds is 8. The van der Waals surface area contributed by atoms with Crippen molar-refractivity contribution in [2.24, 2.45) is 5.41 Å². The van der Waals surface area contributed by atoms with Gasteiger partial charge in [0.1, 0.15) is 23.2 Å². The average Bonchev–Trinajstić information content (AvgIpc) is 3.35. The molecule has 0 bridgehead atoms. The Labute approximate surface area is 244 Å². The number of hydrogen-bond acceptors (Lipinski definition) is 10. The van der Waals surface area contributed by atoms with Gasteiger partial charge in [0.2, 0.25) is 0 Å². The summed E-state index contributed by atoms with van der Waals surface area (Å²) in [4.78, 5) is 21.6. The van der Waals surface area contributed by atoms with Gasteiger partial charge in [-0.25, -0.2) is 14.5 Å². The number of imidazole rings is 1. The van der Waals surface area contributed by atoms with Crippen LogP contribution in [0.15, 0.2) is 17.6 Å². The summed E-state index contributed by atoms with van der Waals surface area (Å²) in [5.41, 5.74) is -0.683.